The van der Waals surface area contributed by atoms with Crippen LogP contribution in [-0.2, 0) is 4.79 Å². The van der Waals surface area contributed by atoms with Crippen LogP contribution in [0.5, 0.6) is 5.75 Å². The molecule has 2 rings (SSSR count). The van der Waals surface area contributed by atoms with E-state index in [2.05, 4.69) is 5.32 Å². The number of carbonyl (C=O) groups excluding carboxylic acids is 2. The van der Waals surface area contributed by atoms with E-state index < -0.39 is 5.37 Å². The fourth-order valence-electron chi connectivity index (χ4n) is 1.66. The van der Waals surface area contributed by atoms with Crippen LogP contribution in [0.15, 0.2) is 24.3 Å². The van der Waals surface area contributed by atoms with Gasteiger partial charge in [0.05, 0.1) is 7.11 Å². The van der Waals surface area contributed by atoms with E-state index in [1.807, 2.05) is 0 Å². The normalized spacial score (nSPS) is 18.8. The Kier molecular flexibility index (Phi) is 4.55. The van der Waals surface area contributed by atoms with E-state index >= 15 is 0 Å². The van der Waals surface area contributed by atoms with Gasteiger partial charge in [-0.2, -0.15) is 0 Å². The van der Waals surface area contributed by atoms with E-state index in [0.29, 0.717) is 0 Å². The topological polar surface area (TPSA) is 58.6 Å². The summed E-state index contributed by atoms with van der Waals surface area (Å²) in [6.45, 7) is 0.243. The summed E-state index contributed by atoms with van der Waals surface area (Å²) in [5, 5.41) is 2.15. The summed E-state index contributed by atoms with van der Waals surface area (Å²) < 4.78 is 5.05. The first-order chi connectivity index (χ1) is 9.15. The van der Waals surface area contributed by atoms with Gasteiger partial charge in [0.2, 0.25) is 0 Å². The van der Waals surface area contributed by atoms with Crippen molar-refractivity contribution in [3.05, 3.63) is 24.3 Å². The molecule has 102 valence electrons. The quantitative estimate of drug-likeness (QED) is 0.846. The summed E-state index contributed by atoms with van der Waals surface area (Å²) in [4.78, 5) is 24.8. The second kappa shape index (κ2) is 6.16. The molecule has 1 atom stereocenters. The third-order valence-electron chi connectivity index (χ3n) is 2.63. The van der Waals surface area contributed by atoms with Crippen molar-refractivity contribution in [3.63, 3.8) is 0 Å². The fourth-order valence-corrected chi connectivity index (χ4v) is 2.76. The molecular formula is C12H13ClN2O3S. The van der Waals surface area contributed by atoms with Crippen LogP contribution in [0.3, 0.4) is 0 Å². The van der Waals surface area contributed by atoms with E-state index in [0.717, 1.165) is 23.2 Å². The lowest BCUT2D eigenvalue weighted by molar-refractivity contribution is -0.126. The monoisotopic (exact) mass is 300 g/mol. The Hall–Kier alpha value is -1.40. The fraction of sp³-hybridized carbons (Fsp3) is 0.333. The highest BCUT2D eigenvalue weighted by Crippen LogP contribution is 2.28. The van der Waals surface area contributed by atoms with Gasteiger partial charge in [-0.3, -0.25) is 14.5 Å². The smallest absolute Gasteiger partial charge is 0.290 e. The predicted molar refractivity (Wildman–Crippen MR) is 75.8 cm³/mol. The summed E-state index contributed by atoms with van der Waals surface area (Å²) in [6.07, 6.45) is 0. The van der Waals surface area contributed by atoms with Gasteiger partial charge in [-0.25, -0.2) is 0 Å². The van der Waals surface area contributed by atoms with Gasteiger partial charge in [-0.1, -0.05) is 0 Å². The largest absolute Gasteiger partial charge is 0.497 e. The molecule has 0 bridgehead atoms. The van der Waals surface area contributed by atoms with Gasteiger partial charge in [0, 0.05) is 18.1 Å². The predicted octanol–water partition coefficient (Wildman–Crippen LogP) is 2.37. The second-order valence-corrected chi connectivity index (χ2v) is 5.25. The van der Waals surface area contributed by atoms with Gasteiger partial charge in [0.25, 0.3) is 11.1 Å². The molecule has 1 N–H and O–H groups in total. The van der Waals surface area contributed by atoms with Gasteiger partial charge >= 0.3 is 0 Å². The number of rotatable bonds is 5. The number of alkyl halides is 1. The molecule has 0 aromatic heterocycles. The van der Waals surface area contributed by atoms with E-state index in [9.17, 15) is 9.59 Å². The highest BCUT2D eigenvalue weighted by Gasteiger charge is 2.39. The Balaban J connectivity index is 2.03. The number of thioether (sulfide) groups is 1. The van der Waals surface area contributed by atoms with Gasteiger partial charge in [-0.05, 0) is 36.0 Å². The van der Waals surface area contributed by atoms with Crippen LogP contribution in [0.4, 0.5) is 10.5 Å². The van der Waals surface area contributed by atoms with E-state index in [-0.39, 0.29) is 23.6 Å². The van der Waals surface area contributed by atoms with Gasteiger partial charge in [0.1, 0.15) is 5.75 Å². The van der Waals surface area contributed by atoms with E-state index in [1.165, 1.54) is 4.90 Å². The number of imide groups is 1. The first-order valence-electron chi connectivity index (χ1n) is 5.64. The van der Waals surface area contributed by atoms with Crippen molar-refractivity contribution in [3.8, 4) is 5.75 Å². The maximum atomic E-state index is 12.0. The number of anilines is 1. The van der Waals surface area contributed by atoms with Crippen LogP contribution in [0.1, 0.15) is 0 Å². The number of amides is 2. The molecule has 1 aromatic rings. The van der Waals surface area contributed by atoms with Crippen LogP contribution in [0, 0.1) is 0 Å². The Morgan fingerprint density at radius 3 is 2.63 bits per heavy atom. The van der Waals surface area contributed by atoms with Crippen molar-refractivity contribution < 1.29 is 14.3 Å². The Morgan fingerprint density at radius 1 is 1.37 bits per heavy atom. The number of carbonyl (C=O) groups is 2. The maximum absolute atomic E-state index is 12.0. The average Bonchev–Trinajstić information content (AvgIpc) is 2.68. The number of methoxy groups -OCH3 is 1. The number of halogens is 1. The molecule has 1 heterocycles. The summed E-state index contributed by atoms with van der Waals surface area (Å²) in [6, 6.07) is 7.15. The second-order valence-electron chi connectivity index (χ2n) is 3.82. The zero-order valence-corrected chi connectivity index (χ0v) is 11.8. The molecule has 7 heteroatoms. The lowest BCUT2D eigenvalue weighted by Gasteiger charge is -2.13. The van der Waals surface area contributed by atoms with Crippen molar-refractivity contribution in [1.29, 1.82) is 0 Å². The summed E-state index contributed by atoms with van der Waals surface area (Å²) >= 11 is 6.53. The standard InChI is InChI=1S/C12H13ClN2O3S/c1-18-9-4-2-8(3-5-9)14-10-11(16)15(7-6-13)12(17)19-10/h2-5,10,14H,6-7H2,1H3. The molecule has 2 amide bonds. The zero-order chi connectivity index (χ0) is 13.8. The van der Waals surface area contributed by atoms with Crippen molar-refractivity contribution >= 4 is 40.2 Å². The zero-order valence-electron chi connectivity index (χ0n) is 10.3. The van der Waals surface area contributed by atoms with Crippen molar-refractivity contribution in [2.45, 2.75) is 5.37 Å². The SMILES string of the molecule is COc1ccc(NC2SC(=O)N(CCCl)C2=O)cc1. The average molecular weight is 301 g/mol. The molecule has 1 saturated heterocycles. The van der Waals surface area contributed by atoms with Crippen LogP contribution >= 0.6 is 23.4 Å². The Morgan fingerprint density at radius 2 is 2.05 bits per heavy atom. The van der Waals surface area contributed by atoms with E-state index in [4.69, 9.17) is 16.3 Å². The summed E-state index contributed by atoms with van der Waals surface area (Å²) in [7, 11) is 1.58. The van der Waals surface area contributed by atoms with Crippen molar-refractivity contribution in [2.75, 3.05) is 24.9 Å². The Labute approximate surface area is 120 Å². The third-order valence-corrected chi connectivity index (χ3v) is 3.77. The first kappa shape index (κ1) is 14.0. The maximum Gasteiger partial charge on any atom is 0.290 e. The number of ether oxygens (including phenoxy) is 1. The number of nitrogens with zero attached hydrogens (tertiary/aromatic N) is 1. The minimum absolute atomic E-state index is 0.243. The van der Waals surface area contributed by atoms with Gasteiger partial charge < -0.3 is 10.1 Å². The molecule has 1 aromatic carbocycles. The molecule has 1 aliphatic heterocycles. The first-order valence-corrected chi connectivity index (χ1v) is 7.05. The molecule has 1 unspecified atom stereocenters. The highest BCUT2D eigenvalue weighted by molar-refractivity contribution is 8.15. The van der Waals surface area contributed by atoms with Gasteiger partial charge in [0.15, 0.2) is 5.37 Å². The summed E-state index contributed by atoms with van der Waals surface area (Å²) in [5.41, 5.74) is 0.757. The molecule has 1 aliphatic rings. The molecule has 1 fully saturated rings. The minimum Gasteiger partial charge on any atom is -0.497 e. The lowest BCUT2D eigenvalue weighted by Crippen LogP contribution is -2.35. The van der Waals surface area contributed by atoms with Crippen molar-refractivity contribution in [1.82, 2.24) is 4.90 Å². The van der Waals surface area contributed by atoms with Crippen LogP contribution in [-0.4, -0.2) is 41.0 Å². The third kappa shape index (κ3) is 3.13. The Bertz CT molecular complexity index is 480. The van der Waals surface area contributed by atoms with Gasteiger partial charge in [-0.15, -0.1) is 11.6 Å². The van der Waals surface area contributed by atoms with Crippen LogP contribution in [0.25, 0.3) is 0 Å². The number of benzene rings is 1. The number of hydrogen-bond acceptors (Lipinski definition) is 5. The molecule has 0 aliphatic carbocycles. The minimum atomic E-state index is -0.593. The lowest BCUT2D eigenvalue weighted by atomic mass is 10.3. The van der Waals surface area contributed by atoms with Crippen LogP contribution < -0.4 is 10.1 Å². The number of hydrogen-bond donors (Lipinski definition) is 1. The van der Waals surface area contributed by atoms with E-state index in [1.54, 1.807) is 31.4 Å². The molecule has 0 saturated carbocycles. The molecule has 5 nitrogen and oxygen atoms in total. The summed E-state index contributed by atoms with van der Waals surface area (Å²) in [5.74, 6) is 0.718. The van der Waals surface area contributed by atoms with Crippen molar-refractivity contribution in [2.24, 2.45) is 0 Å². The molecule has 0 radical (unpaired) electrons. The number of nitrogens with one attached hydrogen (secondary N) is 1. The highest BCUT2D eigenvalue weighted by atomic mass is 35.5. The molecule has 19 heavy (non-hydrogen) atoms. The van der Waals surface area contributed by atoms with Crippen LogP contribution in [0.2, 0.25) is 0 Å². The molecular weight excluding hydrogens is 288 g/mol. The molecule has 0 spiro atoms.